The molecule has 1 rings (SSSR count). The number of carbonyl (C=O) groups is 1. The van der Waals surface area contributed by atoms with Crippen LogP contribution in [0.15, 0.2) is 30.3 Å². The van der Waals surface area contributed by atoms with Crippen LogP contribution in [0.2, 0.25) is 0 Å². The molecule has 0 aliphatic carbocycles. The summed E-state index contributed by atoms with van der Waals surface area (Å²) in [6, 6.07) is 10.5. The molecule has 0 spiro atoms. The second-order valence-corrected chi connectivity index (χ2v) is 10.7. The lowest BCUT2D eigenvalue weighted by atomic mass is 9.94. The van der Waals surface area contributed by atoms with Crippen molar-refractivity contribution in [2.24, 2.45) is 5.92 Å². The van der Waals surface area contributed by atoms with Gasteiger partial charge in [0.1, 0.15) is 0 Å². The lowest BCUT2D eigenvalue weighted by molar-refractivity contribution is -0.149. The fraction of sp³-hybridized carbons (Fsp3) is 0.788. The van der Waals surface area contributed by atoms with Gasteiger partial charge in [-0.2, -0.15) is 0 Å². The van der Waals surface area contributed by atoms with E-state index in [1.54, 1.807) is 0 Å². The second-order valence-electron chi connectivity index (χ2n) is 10.7. The molecule has 0 aliphatic heterocycles. The maximum Gasteiger partial charge on any atom is 0.308 e. The van der Waals surface area contributed by atoms with Crippen LogP contribution in [0.4, 0.5) is 0 Å². The van der Waals surface area contributed by atoms with Crippen molar-refractivity contribution in [3.8, 4) is 0 Å². The third-order valence-corrected chi connectivity index (χ3v) is 7.34. The van der Waals surface area contributed by atoms with Gasteiger partial charge in [0.15, 0.2) is 0 Å². The molecule has 0 radical (unpaired) electrons. The molecule has 202 valence electrons. The molecule has 0 N–H and O–H groups in total. The van der Waals surface area contributed by atoms with Crippen molar-refractivity contribution in [2.45, 2.75) is 155 Å². The molecule has 1 aromatic rings. The number of aryl methyl sites for hydroxylation is 1. The third-order valence-electron chi connectivity index (χ3n) is 7.34. The summed E-state index contributed by atoms with van der Waals surface area (Å²) in [4.78, 5) is 12.9. The number of esters is 1. The van der Waals surface area contributed by atoms with Crippen molar-refractivity contribution in [3.63, 3.8) is 0 Å². The van der Waals surface area contributed by atoms with Crippen molar-refractivity contribution in [3.05, 3.63) is 35.9 Å². The number of unbranched alkanes of at least 4 members (excludes halogenated alkanes) is 16. The monoisotopic (exact) mass is 486 g/mol. The fourth-order valence-electron chi connectivity index (χ4n) is 4.99. The number of hydrogen-bond donors (Lipinski definition) is 0. The van der Waals surface area contributed by atoms with Gasteiger partial charge in [0.25, 0.3) is 0 Å². The maximum absolute atomic E-state index is 12.9. The molecular weight excluding hydrogens is 428 g/mol. The minimum Gasteiger partial charge on any atom is -0.465 e. The Kier molecular flexibility index (Phi) is 22.1. The van der Waals surface area contributed by atoms with E-state index in [2.05, 4.69) is 38.1 Å². The third kappa shape index (κ3) is 19.5. The minimum absolute atomic E-state index is 0.0666. The topological polar surface area (TPSA) is 26.3 Å². The number of carbonyl (C=O) groups excluding carboxylic acids is 1. The van der Waals surface area contributed by atoms with Gasteiger partial charge in [-0.05, 0) is 31.2 Å². The van der Waals surface area contributed by atoms with E-state index in [0.717, 1.165) is 25.7 Å². The Morgan fingerprint density at radius 3 is 1.49 bits per heavy atom. The Hall–Kier alpha value is -1.31. The summed E-state index contributed by atoms with van der Waals surface area (Å²) in [6.45, 7) is 5.11. The van der Waals surface area contributed by atoms with Gasteiger partial charge in [-0.3, -0.25) is 4.79 Å². The second kappa shape index (κ2) is 24.4. The summed E-state index contributed by atoms with van der Waals surface area (Å²) < 4.78 is 5.75. The van der Waals surface area contributed by atoms with Crippen molar-refractivity contribution in [1.82, 2.24) is 0 Å². The van der Waals surface area contributed by atoms with Gasteiger partial charge in [0.05, 0.1) is 12.5 Å². The van der Waals surface area contributed by atoms with Gasteiger partial charge in [-0.25, -0.2) is 0 Å². The van der Waals surface area contributed by atoms with Crippen LogP contribution in [0.3, 0.4) is 0 Å². The molecular formula is C33H58O2. The SMILES string of the molecule is CCCCCCCCCCCCC(CCCCCCCCCC)C(=O)OCCCc1ccccc1. The lowest BCUT2D eigenvalue weighted by Gasteiger charge is -2.16. The molecule has 1 aromatic carbocycles. The molecule has 0 fully saturated rings. The van der Waals surface area contributed by atoms with Crippen LogP contribution in [0.1, 0.15) is 154 Å². The Balaban J connectivity index is 2.23. The van der Waals surface area contributed by atoms with Crippen LogP contribution >= 0.6 is 0 Å². The molecule has 35 heavy (non-hydrogen) atoms. The summed E-state index contributed by atoms with van der Waals surface area (Å²) in [5.41, 5.74) is 1.32. The zero-order valence-electron chi connectivity index (χ0n) is 23.5. The zero-order valence-corrected chi connectivity index (χ0v) is 23.5. The van der Waals surface area contributed by atoms with Crippen LogP contribution in [0.25, 0.3) is 0 Å². The first-order valence-corrected chi connectivity index (χ1v) is 15.5. The number of ether oxygens (including phenoxy) is 1. The van der Waals surface area contributed by atoms with E-state index in [1.165, 1.54) is 121 Å². The zero-order chi connectivity index (χ0) is 25.2. The highest BCUT2D eigenvalue weighted by Gasteiger charge is 2.19. The molecule has 0 bridgehead atoms. The maximum atomic E-state index is 12.9. The first-order chi connectivity index (χ1) is 17.3. The average molecular weight is 487 g/mol. The van der Waals surface area contributed by atoms with E-state index < -0.39 is 0 Å². The smallest absolute Gasteiger partial charge is 0.308 e. The fourth-order valence-corrected chi connectivity index (χ4v) is 4.99. The number of hydrogen-bond acceptors (Lipinski definition) is 2. The summed E-state index contributed by atoms with van der Waals surface area (Å²) in [7, 11) is 0. The van der Waals surface area contributed by atoms with Crippen molar-refractivity contribution < 1.29 is 9.53 Å². The summed E-state index contributed by atoms with van der Waals surface area (Å²) in [6.07, 6.45) is 27.9. The molecule has 0 aromatic heterocycles. The molecule has 1 unspecified atom stereocenters. The summed E-state index contributed by atoms with van der Waals surface area (Å²) in [5.74, 6) is 0.179. The van der Waals surface area contributed by atoms with Gasteiger partial charge < -0.3 is 4.74 Å². The van der Waals surface area contributed by atoms with Gasteiger partial charge in [-0.1, -0.05) is 160 Å². The van der Waals surface area contributed by atoms with E-state index >= 15 is 0 Å². The Bertz CT molecular complexity index is 568. The van der Waals surface area contributed by atoms with Crippen LogP contribution in [-0.4, -0.2) is 12.6 Å². The van der Waals surface area contributed by atoms with Gasteiger partial charge in [-0.15, -0.1) is 0 Å². The van der Waals surface area contributed by atoms with Crippen LogP contribution in [0, 0.1) is 5.92 Å². The van der Waals surface area contributed by atoms with E-state index in [4.69, 9.17) is 4.74 Å². The van der Waals surface area contributed by atoms with Gasteiger partial charge in [0, 0.05) is 0 Å². The molecule has 0 aliphatic rings. The minimum atomic E-state index is 0.0666. The molecule has 0 heterocycles. The molecule has 2 nitrogen and oxygen atoms in total. The van der Waals surface area contributed by atoms with Crippen molar-refractivity contribution in [1.29, 1.82) is 0 Å². The standard InChI is InChI=1S/C33H58O2/c1-3-5-7-9-11-13-14-16-18-23-29-32(28-22-17-15-12-10-8-6-4-2)33(34)35-30-24-27-31-25-20-19-21-26-31/h19-21,25-26,32H,3-18,22-24,27-30H2,1-2H3. The quantitative estimate of drug-likeness (QED) is 0.101. The highest BCUT2D eigenvalue weighted by atomic mass is 16.5. The Labute approximate surface area is 219 Å². The van der Waals surface area contributed by atoms with E-state index in [0.29, 0.717) is 6.61 Å². The highest BCUT2D eigenvalue weighted by molar-refractivity contribution is 5.72. The predicted octanol–water partition coefficient (Wildman–Crippen LogP) is 10.6. The molecule has 0 amide bonds. The van der Waals surface area contributed by atoms with Crippen LogP contribution < -0.4 is 0 Å². The van der Waals surface area contributed by atoms with Crippen LogP contribution in [0.5, 0.6) is 0 Å². The molecule has 0 saturated carbocycles. The van der Waals surface area contributed by atoms with Gasteiger partial charge in [0.2, 0.25) is 0 Å². The largest absolute Gasteiger partial charge is 0.465 e. The summed E-state index contributed by atoms with van der Waals surface area (Å²) >= 11 is 0. The normalized spacial score (nSPS) is 12.1. The van der Waals surface area contributed by atoms with Crippen LogP contribution in [-0.2, 0) is 16.0 Å². The Morgan fingerprint density at radius 2 is 1.03 bits per heavy atom. The highest BCUT2D eigenvalue weighted by Crippen LogP contribution is 2.21. The van der Waals surface area contributed by atoms with E-state index in [9.17, 15) is 4.79 Å². The summed E-state index contributed by atoms with van der Waals surface area (Å²) in [5, 5.41) is 0. The van der Waals surface area contributed by atoms with Gasteiger partial charge >= 0.3 is 5.97 Å². The molecule has 1 atom stereocenters. The average Bonchev–Trinajstić information content (AvgIpc) is 2.88. The molecule has 0 saturated heterocycles. The Morgan fingerprint density at radius 1 is 0.600 bits per heavy atom. The van der Waals surface area contributed by atoms with E-state index in [-0.39, 0.29) is 11.9 Å². The predicted molar refractivity (Wildman–Crippen MR) is 153 cm³/mol. The number of benzene rings is 1. The lowest BCUT2D eigenvalue weighted by Crippen LogP contribution is -2.19. The van der Waals surface area contributed by atoms with E-state index in [1.807, 2.05) is 6.07 Å². The van der Waals surface area contributed by atoms with Crippen molar-refractivity contribution >= 4 is 5.97 Å². The number of rotatable bonds is 25. The first kappa shape index (κ1) is 31.7. The first-order valence-electron chi connectivity index (χ1n) is 15.5. The molecule has 2 heteroatoms. The van der Waals surface area contributed by atoms with Crippen molar-refractivity contribution in [2.75, 3.05) is 6.61 Å².